The van der Waals surface area contributed by atoms with Crippen LogP contribution in [0.15, 0.2) is 0 Å². The van der Waals surface area contributed by atoms with Crippen LogP contribution in [0.25, 0.3) is 0 Å². The minimum atomic E-state index is -0.392. The van der Waals surface area contributed by atoms with E-state index >= 15 is 0 Å². The minimum absolute atomic E-state index is 0.392. The highest BCUT2D eigenvalue weighted by atomic mass is 32.1. The lowest BCUT2D eigenvalue weighted by Crippen LogP contribution is -2.24. The van der Waals surface area contributed by atoms with Crippen LogP contribution in [-0.4, -0.2) is 11.9 Å². The molecule has 0 radical (unpaired) electrons. The predicted molar refractivity (Wildman–Crippen MR) is 82.1 cm³/mol. The molecule has 20 heavy (non-hydrogen) atoms. The third kappa shape index (κ3) is 2.18. The molecule has 1 aromatic heterocycles. The number of hydrogen-bond acceptors (Lipinski definition) is 4. The van der Waals surface area contributed by atoms with Gasteiger partial charge in [0.25, 0.3) is 5.91 Å². The normalized spacial score (nSPS) is 22.2. The van der Waals surface area contributed by atoms with Crippen LogP contribution in [0.2, 0.25) is 0 Å². The molecule has 1 heterocycles. The Hall–Kier alpha value is -1.23. The van der Waals surface area contributed by atoms with Gasteiger partial charge in [0, 0.05) is 11.6 Å². The van der Waals surface area contributed by atoms with E-state index in [9.17, 15) is 4.79 Å². The smallest absolute Gasteiger partial charge is 0.260 e. The molecule has 3 aliphatic rings. The van der Waals surface area contributed by atoms with Crippen LogP contribution in [0.1, 0.15) is 59.7 Å². The minimum Gasteiger partial charge on any atom is -0.397 e. The van der Waals surface area contributed by atoms with Gasteiger partial charge >= 0.3 is 0 Å². The number of primary amides is 1. The van der Waals surface area contributed by atoms with Gasteiger partial charge in [-0.15, -0.1) is 11.3 Å². The Labute approximate surface area is 122 Å². The number of hydrogen-bond donors (Lipinski definition) is 3. The second-order valence-corrected chi connectivity index (χ2v) is 7.59. The zero-order valence-corrected chi connectivity index (χ0v) is 12.3. The number of carbonyl (C=O) groups excluding carboxylic acids is 1. The highest BCUT2D eigenvalue weighted by Crippen LogP contribution is 2.53. The van der Waals surface area contributed by atoms with E-state index in [0.29, 0.717) is 22.5 Å². The number of thiophene rings is 1. The van der Waals surface area contributed by atoms with Crippen molar-refractivity contribution < 1.29 is 4.79 Å². The van der Waals surface area contributed by atoms with Crippen LogP contribution in [0, 0.1) is 11.8 Å². The molecule has 5 heteroatoms. The van der Waals surface area contributed by atoms with Crippen molar-refractivity contribution in [2.45, 2.75) is 50.5 Å². The highest BCUT2D eigenvalue weighted by Gasteiger charge is 2.43. The number of anilines is 2. The third-order valence-electron chi connectivity index (χ3n) is 4.75. The predicted octanol–water partition coefficient (Wildman–Crippen LogP) is 2.91. The zero-order chi connectivity index (χ0) is 13.9. The summed E-state index contributed by atoms with van der Waals surface area (Å²) in [6.07, 6.45) is 7.75. The van der Waals surface area contributed by atoms with Crippen LogP contribution >= 0.6 is 11.3 Å². The number of amides is 1. The second kappa shape index (κ2) is 4.38. The molecule has 3 aliphatic carbocycles. The van der Waals surface area contributed by atoms with Crippen molar-refractivity contribution in [1.29, 1.82) is 0 Å². The Kier molecular flexibility index (Phi) is 2.74. The van der Waals surface area contributed by atoms with Crippen LogP contribution in [-0.2, 0) is 0 Å². The summed E-state index contributed by atoms with van der Waals surface area (Å²) in [5.41, 5.74) is 13.4. The van der Waals surface area contributed by atoms with Gasteiger partial charge < -0.3 is 16.8 Å². The molecule has 3 fully saturated rings. The Morgan fingerprint density at radius 2 is 1.75 bits per heavy atom. The van der Waals surface area contributed by atoms with Gasteiger partial charge in [-0.05, 0) is 56.3 Å². The largest absolute Gasteiger partial charge is 0.397 e. The maximum absolute atomic E-state index is 11.5. The number of nitrogen functional groups attached to an aromatic ring is 1. The average Bonchev–Trinajstić information content (AvgIpc) is 3.24. The first-order chi connectivity index (χ1) is 9.65. The van der Waals surface area contributed by atoms with Crippen LogP contribution in [0.4, 0.5) is 10.7 Å². The lowest BCUT2D eigenvalue weighted by molar-refractivity contribution is 0.100. The fourth-order valence-corrected chi connectivity index (χ4v) is 4.31. The summed E-state index contributed by atoms with van der Waals surface area (Å²) in [4.78, 5) is 12.1. The Balaban J connectivity index is 1.65. The molecular weight excluding hydrogens is 270 g/mol. The fourth-order valence-electron chi connectivity index (χ4n) is 3.21. The molecule has 0 aliphatic heterocycles. The molecule has 1 amide bonds. The molecule has 0 spiro atoms. The summed E-state index contributed by atoms with van der Waals surface area (Å²) in [5, 5.41) is 4.87. The van der Waals surface area contributed by atoms with Gasteiger partial charge in [0.1, 0.15) is 4.88 Å². The van der Waals surface area contributed by atoms with E-state index in [1.54, 1.807) is 0 Å². The van der Waals surface area contributed by atoms with E-state index in [0.717, 1.165) is 16.8 Å². The lowest BCUT2D eigenvalue weighted by atomic mass is 10.1. The van der Waals surface area contributed by atoms with Crippen molar-refractivity contribution in [2.24, 2.45) is 17.6 Å². The lowest BCUT2D eigenvalue weighted by Gasteiger charge is -2.19. The third-order valence-corrected chi connectivity index (χ3v) is 5.92. The number of rotatable bonds is 6. The standard InChI is InChI=1S/C15H21N3OS/c16-11-10(7-1-2-7)15(20-13(11)14(17)19)18-12(8-3-4-8)9-5-6-9/h7-9,12,18H,1-6,16H2,(H2,17,19). The van der Waals surface area contributed by atoms with Gasteiger partial charge in [-0.3, -0.25) is 4.79 Å². The summed E-state index contributed by atoms with van der Waals surface area (Å²) in [5.74, 6) is 1.81. The monoisotopic (exact) mass is 291 g/mol. The van der Waals surface area contributed by atoms with Gasteiger partial charge in [-0.1, -0.05) is 0 Å². The molecule has 0 saturated heterocycles. The molecule has 0 aromatic carbocycles. The second-order valence-electron chi connectivity index (χ2n) is 6.57. The number of nitrogens with two attached hydrogens (primary N) is 2. The van der Waals surface area contributed by atoms with Crippen molar-refractivity contribution in [2.75, 3.05) is 11.1 Å². The Bertz CT molecular complexity index is 544. The van der Waals surface area contributed by atoms with Crippen molar-refractivity contribution in [3.8, 4) is 0 Å². The molecule has 4 rings (SSSR count). The highest BCUT2D eigenvalue weighted by molar-refractivity contribution is 7.18. The van der Waals surface area contributed by atoms with Gasteiger partial charge in [-0.25, -0.2) is 0 Å². The van der Waals surface area contributed by atoms with Crippen LogP contribution in [0.5, 0.6) is 0 Å². The summed E-state index contributed by atoms with van der Waals surface area (Å²) < 4.78 is 0. The number of carbonyl (C=O) groups is 1. The first kappa shape index (κ1) is 12.5. The fraction of sp³-hybridized carbons (Fsp3) is 0.667. The van der Waals surface area contributed by atoms with Crippen molar-refractivity contribution in [3.05, 3.63) is 10.4 Å². The van der Waals surface area contributed by atoms with Crippen molar-refractivity contribution in [1.82, 2.24) is 0 Å². The van der Waals surface area contributed by atoms with E-state index in [1.165, 1.54) is 55.4 Å². The molecule has 0 bridgehead atoms. The quantitative estimate of drug-likeness (QED) is 0.753. The Morgan fingerprint density at radius 3 is 2.20 bits per heavy atom. The molecular formula is C15H21N3OS. The number of nitrogens with one attached hydrogen (secondary N) is 1. The average molecular weight is 291 g/mol. The van der Waals surface area contributed by atoms with Crippen molar-refractivity contribution in [3.63, 3.8) is 0 Å². The molecule has 3 saturated carbocycles. The molecule has 0 atom stereocenters. The topological polar surface area (TPSA) is 81.1 Å². The van der Waals surface area contributed by atoms with E-state index in [4.69, 9.17) is 11.5 Å². The molecule has 1 aromatic rings. The molecule has 0 unspecified atom stereocenters. The van der Waals surface area contributed by atoms with Crippen LogP contribution in [0.3, 0.4) is 0 Å². The van der Waals surface area contributed by atoms with E-state index < -0.39 is 5.91 Å². The van der Waals surface area contributed by atoms with Crippen LogP contribution < -0.4 is 16.8 Å². The summed E-state index contributed by atoms with van der Waals surface area (Å²) >= 11 is 1.47. The van der Waals surface area contributed by atoms with E-state index in [-0.39, 0.29) is 0 Å². The zero-order valence-electron chi connectivity index (χ0n) is 11.5. The van der Waals surface area contributed by atoms with Crippen molar-refractivity contribution >= 4 is 27.9 Å². The maximum Gasteiger partial charge on any atom is 0.260 e. The Morgan fingerprint density at radius 1 is 1.15 bits per heavy atom. The molecule has 5 N–H and O–H groups in total. The maximum atomic E-state index is 11.5. The first-order valence-electron chi connectivity index (χ1n) is 7.63. The van der Waals surface area contributed by atoms with E-state index in [1.807, 2.05) is 0 Å². The summed E-state index contributed by atoms with van der Waals surface area (Å²) in [6, 6.07) is 0.589. The van der Waals surface area contributed by atoms with Gasteiger partial charge in [0.2, 0.25) is 0 Å². The van der Waals surface area contributed by atoms with Gasteiger partial charge in [0.15, 0.2) is 0 Å². The SMILES string of the molecule is NC(=O)c1sc(NC(C2CC2)C2CC2)c(C2CC2)c1N. The van der Waals surface area contributed by atoms with Gasteiger partial charge in [-0.2, -0.15) is 0 Å². The van der Waals surface area contributed by atoms with E-state index in [2.05, 4.69) is 5.32 Å². The van der Waals surface area contributed by atoms with Gasteiger partial charge in [0.05, 0.1) is 10.7 Å². The summed E-state index contributed by atoms with van der Waals surface area (Å²) in [7, 11) is 0. The molecule has 108 valence electrons. The molecule has 4 nitrogen and oxygen atoms in total. The first-order valence-corrected chi connectivity index (χ1v) is 8.45. The summed E-state index contributed by atoms with van der Waals surface area (Å²) in [6.45, 7) is 0.